The molecule has 2 rings (SSSR count). The van der Waals surface area contributed by atoms with Crippen LogP contribution in [0.25, 0.3) is 0 Å². The number of benzene rings is 2. The Labute approximate surface area is 172 Å². The van der Waals surface area contributed by atoms with Crippen molar-refractivity contribution in [3.63, 3.8) is 0 Å². The third-order valence-corrected chi connectivity index (χ3v) is 5.27. The SMILES string of the molecule is CC[C@@H](C)c1ccccc1NC(=O)[C@@H](C)N(C)CC(=O)Nc1ccccc1Cl. The summed E-state index contributed by atoms with van der Waals surface area (Å²) in [5, 5.41) is 6.25. The molecule has 0 saturated carbocycles. The van der Waals surface area contributed by atoms with Crippen LogP contribution in [0.3, 0.4) is 0 Å². The van der Waals surface area contributed by atoms with E-state index in [9.17, 15) is 9.59 Å². The van der Waals surface area contributed by atoms with Crippen molar-refractivity contribution in [1.29, 1.82) is 0 Å². The molecule has 28 heavy (non-hydrogen) atoms. The van der Waals surface area contributed by atoms with Crippen LogP contribution in [0.4, 0.5) is 11.4 Å². The molecule has 5 nitrogen and oxygen atoms in total. The molecule has 2 aromatic rings. The number of para-hydroxylation sites is 2. The summed E-state index contributed by atoms with van der Waals surface area (Å²) in [7, 11) is 1.75. The van der Waals surface area contributed by atoms with Gasteiger partial charge >= 0.3 is 0 Å². The maximum atomic E-state index is 12.7. The highest BCUT2D eigenvalue weighted by atomic mass is 35.5. The number of anilines is 2. The summed E-state index contributed by atoms with van der Waals surface area (Å²) < 4.78 is 0. The van der Waals surface area contributed by atoms with E-state index >= 15 is 0 Å². The Bertz CT molecular complexity index is 825. The number of amides is 2. The van der Waals surface area contributed by atoms with E-state index in [-0.39, 0.29) is 18.4 Å². The Morgan fingerprint density at radius 2 is 1.61 bits per heavy atom. The van der Waals surface area contributed by atoms with E-state index < -0.39 is 6.04 Å². The second-order valence-electron chi connectivity index (χ2n) is 7.00. The number of hydrogen-bond acceptors (Lipinski definition) is 3. The van der Waals surface area contributed by atoms with Crippen molar-refractivity contribution in [2.75, 3.05) is 24.2 Å². The van der Waals surface area contributed by atoms with Crippen molar-refractivity contribution in [2.45, 2.75) is 39.2 Å². The minimum Gasteiger partial charge on any atom is -0.324 e. The second-order valence-corrected chi connectivity index (χ2v) is 7.41. The number of rotatable bonds is 8. The van der Waals surface area contributed by atoms with E-state index in [1.54, 1.807) is 43.1 Å². The highest BCUT2D eigenvalue weighted by molar-refractivity contribution is 6.33. The van der Waals surface area contributed by atoms with Crippen molar-refractivity contribution in [3.05, 3.63) is 59.1 Å². The van der Waals surface area contributed by atoms with Gasteiger partial charge in [0, 0.05) is 5.69 Å². The smallest absolute Gasteiger partial charge is 0.241 e. The lowest BCUT2D eigenvalue weighted by molar-refractivity contribution is -0.122. The summed E-state index contributed by atoms with van der Waals surface area (Å²) in [4.78, 5) is 26.7. The molecule has 0 unspecified atom stereocenters. The standard InChI is InChI=1S/C22H28ClN3O2/c1-5-15(2)17-10-6-8-12-19(17)25-22(28)16(3)26(4)14-21(27)24-20-13-9-7-11-18(20)23/h6-13,15-16H,5,14H2,1-4H3,(H,24,27)(H,25,28)/t15-,16-/m1/s1. The number of carbonyl (C=O) groups is 2. The molecule has 2 N–H and O–H groups in total. The van der Waals surface area contributed by atoms with Gasteiger partial charge in [0.25, 0.3) is 0 Å². The third kappa shape index (κ3) is 5.81. The maximum Gasteiger partial charge on any atom is 0.241 e. The fraction of sp³-hybridized carbons (Fsp3) is 0.364. The first-order valence-electron chi connectivity index (χ1n) is 9.47. The summed E-state index contributed by atoms with van der Waals surface area (Å²) in [5.41, 5.74) is 2.49. The van der Waals surface area contributed by atoms with Gasteiger partial charge in [0.15, 0.2) is 0 Å². The molecule has 2 amide bonds. The average Bonchev–Trinajstić information content (AvgIpc) is 2.68. The largest absolute Gasteiger partial charge is 0.324 e. The van der Waals surface area contributed by atoms with Crippen molar-refractivity contribution >= 4 is 34.8 Å². The lowest BCUT2D eigenvalue weighted by atomic mass is 9.97. The lowest BCUT2D eigenvalue weighted by Crippen LogP contribution is -2.43. The van der Waals surface area contributed by atoms with Crippen LogP contribution >= 0.6 is 11.6 Å². The number of likely N-dealkylation sites (N-methyl/N-ethyl adjacent to an activating group) is 1. The quantitative estimate of drug-likeness (QED) is 0.670. The van der Waals surface area contributed by atoms with Gasteiger partial charge in [0.1, 0.15) is 0 Å². The first kappa shape index (κ1) is 21.9. The second kappa shape index (κ2) is 10.2. The molecular weight excluding hydrogens is 374 g/mol. The molecule has 0 aromatic heterocycles. The third-order valence-electron chi connectivity index (χ3n) is 4.94. The molecular formula is C22H28ClN3O2. The van der Waals surface area contributed by atoms with Gasteiger partial charge in [-0.15, -0.1) is 0 Å². The molecule has 0 fully saturated rings. The summed E-state index contributed by atoms with van der Waals surface area (Å²) in [5.74, 6) is -0.0232. The van der Waals surface area contributed by atoms with Crippen molar-refractivity contribution in [1.82, 2.24) is 4.90 Å². The monoisotopic (exact) mass is 401 g/mol. The van der Waals surface area contributed by atoms with E-state index in [0.29, 0.717) is 16.6 Å². The fourth-order valence-corrected chi connectivity index (χ4v) is 3.00. The molecule has 2 aromatic carbocycles. The van der Waals surface area contributed by atoms with Crippen LogP contribution in [0.1, 0.15) is 38.7 Å². The van der Waals surface area contributed by atoms with Gasteiger partial charge in [0.2, 0.25) is 11.8 Å². The van der Waals surface area contributed by atoms with E-state index in [1.807, 2.05) is 24.3 Å². The van der Waals surface area contributed by atoms with Crippen LogP contribution in [0.2, 0.25) is 5.02 Å². The topological polar surface area (TPSA) is 61.4 Å². The number of nitrogens with one attached hydrogen (secondary N) is 2. The molecule has 0 aliphatic heterocycles. The van der Waals surface area contributed by atoms with Crippen molar-refractivity contribution in [3.8, 4) is 0 Å². The normalized spacial score (nSPS) is 13.1. The molecule has 0 radical (unpaired) electrons. The van der Waals surface area contributed by atoms with Crippen LogP contribution < -0.4 is 10.6 Å². The van der Waals surface area contributed by atoms with Gasteiger partial charge in [-0.05, 0) is 50.1 Å². The molecule has 0 saturated heterocycles. The minimum atomic E-state index is -0.470. The van der Waals surface area contributed by atoms with E-state index in [1.165, 1.54) is 0 Å². The molecule has 0 heterocycles. The Hall–Kier alpha value is -2.37. The highest BCUT2D eigenvalue weighted by Crippen LogP contribution is 2.26. The Morgan fingerprint density at radius 3 is 2.25 bits per heavy atom. The first-order valence-corrected chi connectivity index (χ1v) is 9.85. The molecule has 150 valence electrons. The maximum absolute atomic E-state index is 12.7. The summed E-state index contributed by atoms with van der Waals surface area (Å²) >= 11 is 6.07. The fourth-order valence-electron chi connectivity index (χ4n) is 2.81. The van der Waals surface area contributed by atoms with Gasteiger partial charge in [0.05, 0.1) is 23.3 Å². The van der Waals surface area contributed by atoms with Gasteiger partial charge in [-0.2, -0.15) is 0 Å². The summed E-state index contributed by atoms with van der Waals surface area (Å²) in [6, 6.07) is 14.4. The van der Waals surface area contributed by atoms with Crippen molar-refractivity contribution in [2.24, 2.45) is 0 Å². The molecule has 0 spiro atoms. The molecule has 0 aliphatic carbocycles. The number of hydrogen-bond donors (Lipinski definition) is 2. The van der Waals surface area contributed by atoms with Crippen LogP contribution in [-0.2, 0) is 9.59 Å². The molecule has 0 bridgehead atoms. The molecule has 2 atom stereocenters. The van der Waals surface area contributed by atoms with Gasteiger partial charge in [-0.1, -0.05) is 55.8 Å². The number of halogens is 1. The van der Waals surface area contributed by atoms with Crippen LogP contribution in [0.15, 0.2) is 48.5 Å². The van der Waals surface area contributed by atoms with Crippen LogP contribution in [-0.4, -0.2) is 36.3 Å². The van der Waals surface area contributed by atoms with Gasteiger partial charge in [-0.3, -0.25) is 14.5 Å². The Balaban J connectivity index is 1.97. The zero-order valence-corrected chi connectivity index (χ0v) is 17.6. The first-order chi connectivity index (χ1) is 13.3. The molecule has 6 heteroatoms. The number of nitrogens with zero attached hydrogens (tertiary/aromatic N) is 1. The van der Waals surface area contributed by atoms with E-state index in [2.05, 4.69) is 24.5 Å². The zero-order valence-electron chi connectivity index (χ0n) is 16.8. The predicted molar refractivity (Wildman–Crippen MR) is 116 cm³/mol. The highest BCUT2D eigenvalue weighted by Gasteiger charge is 2.21. The van der Waals surface area contributed by atoms with Crippen LogP contribution in [0, 0.1) is 0 Å². The van der Waals surface area contributed by atoms with Crippen molar-refractivity contribution < 1.29 is 9.59 Å². The average molecular weight is 402 g/mol. The zero-order chi connectivity index (χ0) is 20.7. The molecule has 0 aliphatic rings. The summed E-state index contributed by atoms with van der Waals surface area (Å²) in [6.07, 6.45) is 0.991. The van der Waals surface area contributed by atoms with E-state index in [0.717, 1.165) is 17.7 Å². The van der Waals surface area contributed by atoms with Gasteiger partial charge < -0.3 is 10.6 Å². The predicted octanol–water partition coefficient (Wildman–Crippen LogP) is 4.75. The number of carbonyl (C=O) groups excluding carboxylic acids is 2. The summed E-state index contributed by atoms with van der Waals surface area (Å²) in [6.45, 7) is 6.12. The van der Waals surface area contributed by atoms with E-state index in [4.69, 9.17) is 11.6 Å². The minimum absolute atomic E-state index is 0.0762. The van der Waals surface area contributed by atoms with Crippen LogP contribution in [0.5, 0.6) is 0 Å². The Morgan fingerprint density at radius 1 is 1.00 bits per heavy atom. The Kier molecular flexibility index (Phi) is 8.03. The van der Waals surface area contributed by atoms with Gasteiger partial charge in [-0.25, -0.2) is 0 Å². The lowest BCUT2D eigenvalue weighted by Gasteiger charge is -2.24.